The average Bonchev–Trinajstić information content (AvgIpc) is 2.50. The Labute approximate surface area is 129 Å². The zero-order chi connectivity index (χ0) is 15.2. The van der Waals surface area contributed by atoms with Crippen molar-refractivity contribution in [2.75, 3.05) is 19.8 Å². The molecule has 1 aromatic rings. The van der Waals surface area contributed by atoms with Crippen LogP contribution in [-0.2, 0) is 21.3 Å². The van der Waals surface area contributed by atoms with Crippen molar-refractivity contribution in [3.8, 4) is 5.75 Å². The number of rotatable bonds is 6. The molecule has 0 spiro atoms. The van der Waals surface area contributed by atoms with Crippen molar-refractivity contribution < 1.29 is 13.7 Å². The second-order valence-corrected chi connectivity index (χ2v) is 7.14. The van der Waals surface area contributed by atoms with Crippen LogP contribution in [0.3, 0.4) is 0 Å². The third-order valence-electron chi connectivity index (χ3n) is 3.75. The summed E-state index contributed by atoms with van der Waals surface area (Å²) in [4.78, 5) is 0. The predicted molar refractivity (Wildman–Crippen MR) is 85.9 cm³/mol. The first-order chi connectivity index (χ1) is 10.1. The fourth-order valence-corrected chi connectivity index (χ4v) is 3.99. The molecule has 4 nitrogen and oxygen atoms in total. The second-order valence-electron chi connectivity index (χ2n) is 5.43. The van der Waals surface area contributed by atoms with Gasteiger partial charge >= 0.3 is 0 Å². The van der Waals surface area contributed by atoms with Gasteiger partial charge in [-0.1, -0.05) is 6.07 Å². The Morgan fingerprint density at radius 2 is 2.14 bits per heavy atom. The monoisotopic (exact) mass is 311 g/mol. The molecule has 0 radical (unpaired) electrons. The minimum absolute atomic E-state index is 0.0315. The van der Waals surface area contributed by atoms with E-state index in [4.69, 9.17) is 15.2 Å². The van der Waals surface area contributed by atoms with E-state index in [9.17, 15) is 4.21 Å². The van der Waals surface area contributed by atoms with Gasteiger partial charge in [0.05, 0.1) is 12.4 Å². The molecule has 2 atom stereocenters. The first-order valence-electron chi connectivity index (χ1n) is 7.58. The van der Waals surface area contributed by atoms with E-state index in [1.165, 1.54) is 0 Å². The number of nitrogens with two attached hydrogens (primary N) is 1. The van der Waals surface area contributed by atoms with E-state index in [0.29, 0.717) is 25.6 Å². The second kappa shape index (κ2) is 7.92. The van der Waals surface area contributed by atoms with E-state index in [-0.39, 0.29) is 11.3 Å². The molecule has 0 aliphatic carbocycles. The molecule has 21 heavy (non-hydrogen) atoms. The van der Waals surface area contributed by atoms with Crippen LogP contribution in [0.2, 0.25) is 0 Å². The molecule has 1 fully saturated rings. The normalized spacial score (nSPS) is 19.2. The Balaban J connectivity index is 2.15. The van der Waals surface area contributed by atoms with Gasteiger partial charge in [0.2, 0.25) is 0 Å². The summed E-state index contributed by atoms with van der Waals surface area (Å²) in [7, 11) is -0.894. The Hall–Kier alpha value is -0.910. The van der Waals surface area contributed by atoms with Crippen molar-refractivity contribution in [1.82, 2.24) is 0 Å². The van der Waals surface area contributed by atoms with Gasteiger partial charge in [-0.05, 0) is 44.4 Å². The van der Waals surface area contributed by atoms with Crippen LogP contribution in [0.25, 0.3) is 0 Å². The third kappa shape index (κ3) is 4.53. The van der Waals surface area contributed by atoms with Gasteiger partial charge in [-0.2, -0.15) is 0 Å². The van der Waals surface area contributed by atoms with Crippen LogP contribution in [0.4, 0.5) is 0 Å². The van der Waals surface area contributed by atoms with E-state index in [2.05, 4.69) is 0 Å². The average molecular weight is 311 g/mol. The van der Waals surface area contributed by atoms with Crippen LogP contribution in [0.5, 0.6) is 5.75 Å². The highest BCUT2D eigenvalue weighted by molar-refractivity contribution is 7.84. The minimum atomic E-state index is -0.894. The van der Waals surface area contributed by atoms with Crippen molar-refractivity contribution >= 4 is 10.8 Å². The molecule has 2 unspecified atom stereocenters. The maximum atomic E-state index is 12.6. The lowest BCUT2D eigenvalue weighted by Gasteiger charge is -2.22. The van der Waals surface area contributed by atoms with E-state index in [1.54, 1.807) is 0 Å². The number of ether oxygens (including phenoxy) is 2. The smallest absolute Gasteiger partial charge is 0.123 e. The highest BCUT2D eigenvalue weighted by Gasteiger charge is 2.21. The van der Waals surface area contributed by atoms with Crippen molar-refractivity contribution in [3.05, 3.63) is 29.3 Å². The first kappa shape index (κ1) is 16.5. The Morgan fingerprint density at radius 3 is 2.76 bits per heavy atom. The fourth-order valence-electron chi connectivity index (χ4n) is 2.50. The van der Waals surface area contributed by atoms with Crippen molar-refractivity contribution in [1.29, 1.82) is 0 Å². The van der Waals surface area contributed by atoms with Gasteiger partial charge in [-0.15, -0.1) is 0 Å². The lowest BCUT2D eigenvalue weighted by Crippen LogP contribution is -2.25. The van der Waals surface area contributed by atoms with Crippen molar-refractivity contribution in [3.63, 3.8) is 0 Å². The van der Waals surface area contributed by atoms with Gasteiger partial charge in [0, 0.05) is 40.9 Å². The van der Waals surface area contributed by atoms with E-state index in [1.807, 2.05) is 32.0 Å². The molecule has 118 valence electrons. The molecule has 2 rings (SSSR count). The van der Waals surface area contributed by atoms with Gasteiger partial charge in [0.25, 0.3) is 0 Å². The van der Waals surface area contributed by atoms with Gasteiger partial charge in [-0.25, -0.2) is 0 Å². The Bertz CT molecular complexity index is 484. The summed E-state index contributed by atoms with van der Waals surface area (Å²) in [6.07, 6.45) is 1.76. The van der Waals surface area contributed by atoms with Gasteiger partial charge < -0.3 is 15.2 Å². The maximum Gasteiger partial charge on any atom is 0.123 e. The topological polar surface area (TPSA) is 61.5 Å². The van der Waals surface area contributed by atoms with Crippen LogP contribution in [-0.4, -0.2) is 29.3 Å². The van der Waals surface area contributed by atoms with Gasteiger partial charge in [0.1, 0.15) is 5.75 Å². The van der Waals surface area contributed by atoms with Crippen molar-refractivity contribution in [2.24, 2.45) is 5.73 Å². The standard InChI is InChI=1S/C16H25NO3S/c1-3-20-16-5-4-13(12(2)17)10-14(16)11-21(18)15-6-8-19-9-7-15/h4-5,10,12,15H,3,6-9,11,17H2,1-2H3. The van der Waals surface area contributed by atoms with E-state index >= 15 is 0 Å². The Morgan fingerprint density at radius 1 is 1.43 bits per heavy atom. The molecule has 5 heteroatoms. The molecule has 2 N–H and O–H groups in total. The Kier molecular flexibility index (Phi) is 6.21. The zero-order valence-corrected chi connectivity index (χ0v) is 13.7. The highest BCUT2D eigenvalue weighted by Crippen LogP contribution is 2.26. The van der Waals surface area contributed by atoms with Crippen LogP contribution in [0.15, 0.2) is 18.2 Å². The third-order valence-corrected chi connectivity index (χ3v) is 5.56. The molecular weight excluding hydrogens is 286 g/mol. The molecule has 0 bridgehead atoms. The molecule has 1 heterocycles. The van der Waals surface area contributed by atoms with Crippen LogP contribution in [0.1, 0.15) is 43.9 Å². The lowest BCUT2D eigenvalue weighted by molar-refractivity contribution is 0.0992. The van der Waals surface area contributed by atoms with E-state index < -0.39 is 10.8 Å². The molecule has 1 aromatic carbocycles. The molecular formula is C16H25NO3S. The fraction of sp³-hybridized carbons (Fsp3) is 0.625. The van der Waals surface area contributed by atoms with Gasteiger partial charge in [0.15, 0.2) is 0 Å². The summed E-state index contributed by atoms with van der Waals surface area (Å²) in [6.45, 7) is 5.95. The quantitative estimate of drug-likeness (QED) is 0.877. The maximum absolute atomic E-state index is 12.6. The van der Waals surface area contributed by atoms with Gasteiger partial charge in [-0.3, -0.25) is 4.21 Å². The largest absolute Gasteiger partial charge is 0.494 e. The summed E-state index contributed by atoms with van der Waals surface area (Å²) in [5.74, 6) is 1.35. The number of hydrogen-bond donors (Lipinski definition) is 1. The number of benzene rings is 1. The summed E-state index contributed by atoms with van der Waals surface area (Å²) >= 11 is 0. The minimum Gasteiger partial charge on any atom is -0.494 e. The summed E-state index contributed by atoms with van der Waals surface area (Å²) in [5.41, 5.74) is 8.00. The lowest BCUT2D eigenvalue weighted by atomic mass is 10.1. The molecule has 1 aliphatic rings. The summed E-state index contributed by atoms with van der Waals surface area (Å²) in [5, 5.41) is 0.229. The van der Waals surface area contributed by atoms with E-state index in [0.717, 1.165) is 29.7 Å². The molecule has 1 saturated heterocycles. The molecule has 0 aromatic heterocycles. The molecule has 0 amide bonds. The van der Waals surface area contributed by atoms with Crippen molar-refractivity contribution in [2.45, 2.75) is 43.7 Å². The summed E-state index contributed by atoms with van der Waals surface area (Å²) < 4.78 is 23.6. The molecule has 0 saturated carbocycles. The number of hydrogen-bond acceptors (Lipinski definition) is 4. The first-order valence-corrected chi connectivity index (χ1v) is 8.96. The summed E-state index contributed by atoms with van der Waals surface area (Å²) in [6, 6.07) is 5.93. The SMILES string of the molecule is CCOc1ccc(C(C)N)cc1CS(=O)C1CCOCC1. The highest BCUT2D eigenvalue weighted by atomic mass is 32.2. The zero-order valence-electron chi connectivity index (χ0n) is 12.8. The predicted octanol–water partition coefficient (Wildman–Crippen LogP) is 2.53. The van der Waals surface area contributed by atoms with Crippen LogP contribution < -0.4 is 10.5 Å². The molecule has 1 aliphatic heterocycles. The van der Waals surface area contributed by atoms with Crippen LogP contribution in [0, 0.1) is 0 Å². The van der Waals surface area contributed by atoms with Crippen LogP contribution >= 0.6 is 0 Å².